The number of halogens is 2. The van der Waals surface area contributed by atoms with Crippen LogP contribution < -0.4 is 6.15 Å². The Balaban J connectivity index is 0. The van der Waals surface area contributed by atoms with Crippen LogP contribution in [0.5, 0.6) is 0 Å². The fourth-order valence-electron chi connectivity index (χ4n) is 0. The number of hydrogen-bond acceptors (Lipinski definition) is 1. The van der Waals surface area contributed by atoms with Crippen LogP contribution in [0.1, 0.15) is 0 Å². The van der Waals surface area contributed by atoms with Gasteiger partial charge in [0, 0.05) is 0 Å². The molecule has 0 radical (unpaired) electrons. The van der Waals surface area contributed by atoms with E-state index in [1.54, 1.807) is 0 Å². The summed E-state index contributed by atoms with van der Waals surface area (Å²) in [7, 11) is 0. The maximum Gasteiger partial charge on any atom is 0.229 e. The van der Waals surface area contributed by atoms with Gasteiger partial charge in [0.25, 0.3) is 0 Å². The highest BCUT2D eigenvalue weighted by Crippen LogP contribution is 1.56. The second kappa shape index (κ2) is 13.9. The molecule has 0 heterocycles. The molecule has 28 valence electrons. The molecule has 0 amide bonds. The van der Waals surface area contributed by atoms with Gasteiger partial charge in [-0.15, -0.1) is 0 Å². The molecule has 0 rings (SSSR count). The maximum absolute atomic E-state index is 9.62. The summed E-state index contributed by atoms with van der Waals surface area (Å²) in [6, 6.07) is 0. The molecule has 0 aromatic heterocycles. The highest BCUT2D eigenvalue weighted by atomic mass is 19.3. The molecule has 0 aliphatic heterocycles. The number of rotatable bonds is 0. The molecule has 0 aliphatic carbocycles. The van der Waals surface area contributed by atoms with E-state index in [-0.39, 0.29) is 6.15 Å². The largest absolute Gasteiger partial charge is 0.344 e. The second-order valence-electron chi connectivity index (χ2n) is 0.101. The van der Waals surface area contributed by atoms with E-state index in [1.165, 1.54) is 0 Å². The lowest BCUT2D eigenvalue weighted by atomic mass is 11.7. The lowest BCUT2D eigenvalue weighted by molar-refractivity contribution is 0.295. The Morgan fingerprint density at radius 1 is 1.25 bits per heavy atom. The third-order valence-electron chi connectivity index (χ3n) is 0. The maximum atomic E-state index is 9.62. The van der Waals surface area contributed by atoms with Crippen molar-refractivity contribution in [2.75, 3.05) is 6.93 Å². The van der Waals surface area contributed by atoms with Gasteiger partial charge in [0.15, 0.2) is 0 Å². The minimum atomic E-state index is -1.75. The third kappa shape index (κ3) is 37.8. The summed E-state index contributed by atoms with van der Waals surface area (Å²) in [4.78, 5) is 0. The fourth-order valence-corrected chi connectivity index (χ4v) is 0. The first kappa shape index (κ1) is 9.17. The van der Waals surface area contributed by atoms with Gasteiger partial charge >= 0.3 is 0 Å². The van der Waals surface area contributed by atoms with Crippen LogP contribution in [-0.4, -0.2) is 6.93 Å². The van der Waals surface area contributed by atoms with Crippen molar-refractivity contribution in [3.05, 3.63) is 0 Å². The van der Waals surface area contributed by atoms with Crippen LogP contribution in [0.4, 0.5) is 8.78 Å². The predicted molar refractivity (Wildman–Crippen MR) is 12.1 cm³/mol. The van der Waals surface area contributed by atoms with Crippen molar-refractivity contribution in [2.24, 2.45) is 0 Å². The molecule has 0 saturated carbocycles. The molecule has 0 spiro atoms. The Bertz CT molecular complexity index is 6.00. The Hall–Kier alpha value is -0.180. The molecule has 0 aromatic carbocycles. The summed E-state index contributed by atoms with van der Waals surface area (Å²) in [5.74, 6) is 0. The van der Waals surface area contributed by atoms with E-state index in [1.807, 2.05) is 0 Å². The minimum absolute atomic E-state index is 0. The van der Waals surface area contributed by atoms with Gasteiger partial charge < -0.3 is 6.15 Å². The van der Waals surface area contributed by atoms with E-state index in [4.69, 9.17) is 0 Å². The zero-order valence-electron chi connectivity index (χ0n) is 2.17. The summed E-state index contributed by atoms with van der Waals surface area (Å²) in [5, 5.41) is 0. The zero-order valence-corrected chi connectivity index (χ0v) is 2.17. The van der Waals surface area contributed by atoms with E-state index in [0.29, 0.717) is 0 Å². The SMILES string of the molecule is FCF.N. The third-order valence-corrected chi connectivity index (χ3v) is 0. The molecule has 3 N–H and O–H groups in total. The fraction of sp³-hybridized carbons (Fsp3) is 1.00. The Morgan fingerprint density at radius 3 is 1.25 bits per heavy atom. The summed E-state index contributed by atoms with van der Waals surface area (Å²) in [6.45, 7) is -1.75. The lowest BCUT2D eigenvalue weighted by Crippen LogP contribution is -1.34. The smallest absolute Gasteiger partial charge is 0.229 e. The van der Waals surface area contributed by atoms with Crippen LogP contribution in [-0.2, 0) is 0 Å². The molecule has 0 aromatic rings. The molecule has 0 atom stereocenters. The summed E-state index contributed by atoms with van der Waals surface area (Å²) < 4.78 is 19.2. The lowest BCUT2D eigenvalue weighted by Gasteiger charge is -1.42. The molecule has 1 nitrogen and oxygen atoms in total. The van der Waals surface area contributed by atoms with Crippen molar-refractivity contribution in [3.8, 4) is 0 Å². The van der Waals surface area contributed by atoms with E-state index >= 15 is 0 Å². The van der Waals surface area contributed by atoms with Gasteiger partial charge in [-0.05, 0) is 0 Å². The first-order chi connectivity index (χ1) is 1.41. The monoisotopic (exact) mass is 69.0 g/mol. The van der Waals surface area contributed by atoms with Crippen molar-refractivity contribution < 1.29 is 8.78 Å². The van der Waals surface area contributed by atoms with E-state index < -0.39 is 6.93 Å². The number of hydrogen-bond donors (Lipinski definition) is 1. The minimum Gasteiger partial charge on any atom is -0.344 e. The first-order valence-electron chi connectivity index (χ1n) is 0.535. The van der Waals surface area contributed by atoms with Gasteiger partial charge in [-0.2, -0.15) is 0 Å². The molecular formula is CH5F2N. The first-order valence-corrected chi connectivity index (χ1v) is 0.535. The van der Waals surface area contributed by atoms with Crippen molar-refractivity contribution >= 4 is 0 Å². The van der Waals surface area contributed by atoms with Crippen LogP contribution >= 0.6 is 0 Å². The Kier molecular flexibility index (Phi) is 31.9. The van der Waals surface area contributed by atoms with Gasteiger partial charge in [0.2, 0.25) is 6.93 Å². The van der Waals surface area contributed by atoms with Crippen LogP contribution in [0.25, 0.3) is 0 Å². The van der Waals surface area contributed by atoms with Crippen molar-refractivity contribution in [1.29, 1.82) is 0 Å². The zero-order chi connectivity index (χ0) is 2.71. The van der Waals surface area contributed by atoms with E-state index in [0.717, 1.165) is 0 Å². The molecule has 0 bridgehead atoms. The molecule has 0 unspecified atom stereocenters. The van der Waals surface area contributed by atoms with Crippen LogP contribution in [0, 0.1) is 0 Å². The van der Waals surface area contributed by atoms with Crippen molar-refractivity contribution in [2.45, 2.75) is 0 Å². The highest BCUT2D eigenvalue weighted by molar-refractivity contribution is 3.57. The number of alkyl halides is 2. The summed E-state index contributed by atoms with van der Waals surface area (Å²) >= 11 is 0. The average Bonchev–Trinajstić information content (AvgIpc) is 0.918. The molecular weight excluding hydrogens is 64.0 g/mol. The molecule has 3 heteroatoms. The standard InChI is InChI=1S/CH2F2.H3N/c2-1-3;/h1H2;1H3. The molecule has 0 fully saturated rings. The van der Waals surface area contributed by atoms with Gasteiger partial charge in [0.05, 0.1) is 0 Å². The average molecular weight is 69.1 g/mol. The van der Waals surface area contributed by atoms with Crippen LogP contribution in [0.15, 0.2) is 0 Å². The van der Waals surface area contributed by atoms with E-state index in [9.17, 15) is 8.78 Å². The second-order valence-corrected chi connectivity index (χ2v) is 0.101. The normalized spacial score (nSPS) is 4.50. The predicted octanol–water partition coefficient (Wildman–Crippen LogP) is 1.04. The topological polar surface area (TPSA) is 35.0 Å². The Labute approximate surface area is 23.2 Å². The summed E-state index contributed by atoms with van der Waals surface area (Å²) in [6.07, 6.45) is 0. The van der Waals surface area contributed by atoms with Gasteiger partial charge in [0.1, 0.15) is 0 Å². The quantitative estimate of drug-likeness (QED) is 0.453. The van der Waals surface area contributed by atoms with Gasteiger partial charge in [-0.1, -0.05) is 0 Å². The van der Waals surface area contributed by atoms with Gasteiger partial charge in [-0.3, -0.25) is 0 Å². The van der Waals surface area contributed by atoms with E-state index in [2.05, 4.69) is 0 Å². The van der Waals surface area contributed by atoms with Crippen molar-refractivity contribution in [1.82, 2.24) is 6.15 Å². The van der Waals surface area contributed by atoms with Crippen LogP contribution in [0.2, 0.25) is 0 Å². The molecule has 0 aliphatic rings. The molecule has 4 heavy (non-hydrogen) atoms. The van der Waals surface area contributed by atoms with Crippen LogP contribution in [0.3, 0.4) is 0 Å². The Morgan fingerprint density at radius 2 is 1.25 bits per heavy atom. The van der Waals surface area contributed by atoms with Gasteiger partial charge in [-0.25, -0.2) is 8.78 Å². The van der Waals surface area contributed by atoms with Crippen molar-refractivity contribution in [3.63, 3.8) is 0 Å². The summed E-state index contributed by atoms with van der Waals surface area (Å²) in [5.41, 5.74) is 0. The highest BCUT2D eigenvalue weighted by Gasteiger charge is 1.44. The molecule has 0 saturated heterocycles.